The van der Waals surface area contributed by atoms with Gasteiger partial charge in [0.2, 0.25) is 0 Å². The number of nitrogens with zero attached hydrogens (tertiary/aromatic N) is 2. The molecule has 1 aromatic heterocycles. The molecule has 114 valence electrons. The third-order valence-electron chi connectivity index (χ3n) is 2.85. The molecule has 0 unspecified atom stereocenters. The second kappa shape index (κ2) is 6.49. The van der Waals surface area contributed by atoms with Crippen molar-refractivity contribution in [3.63, 3.8) is 0 Å². The quantitative estimate of drug-likeness (QED) is 0.630. The number of nitrogens with two attached hydrogens (primary N) is 1. The molecule has 1 heterocycles. The van der Waals surface area contributed by atoms with Gasteiger partial charge >= 0.3 is 6.61 Å². The number of alkyl halides is 2. The highest BCUT2D eigenvalue weighted by molar-refractivity contribution is 5.91. The zero-order valence-electron chi connectivity index (χ0n) is 11.7. The summed E-state index contributed by atoms with van der Waals surface area (Å²) in [4.78, 5) is 8.61. The first-order valence-corrected chi connectivity index (χ1v) is 6.39. The number of aryl methyl sites for hydroxylation is 1. The van der Waals surface area contributed by atoms with Gasteiger partial charge in [0.1, 0.15) is 5.82 Å². The van der Waals surface area contributed by atoms with E-state index in [4.69, 9.17) is 10.6 Å². The van der Waals surface area contributed by atoms with Crippen LogP contribution in [0.5, 0.6) is 11.5 Å². The minimum absolute atomic E-state index is 0.0795. The highest BCUT2D eigenvalue weighted by atomic mass is 19.3. The zero-order valence-corrected chi connectivity index (χ0v) is 11.7. The van der Waals surface area contributed by atoms with Crippen LogP contribution in [-0.4, -0.2) is 23.7 Å². The summed E-state index contributed by atoms with van der Waals surface area (Å²) in [6.45, 7) is -0.956. The molecule has 0 spiro atoms. The van der Waals surface area contributed by atoms with Crippen LogP contribution in [-0.2, 0) is 6.42 Å². The number of benzene rings is 1. The van der Waals surface area contributed by atoms with Gasteiger partial charge in [0.05, 0.1) is 12.6 Å². The van der Waals surface area contributed by atoms with Gasteiger partial charge in [-0.1, -0.05) is 6.92 Å². The summed E-state index contributed by atoms with van der Waals surface area (Å²) in [6.07, 6.45) is 1.51. The Hall–Kier alpha value is -2.22. The molecule has 0 saturated heterocycles. The van der Waals surface area contributed by atoms with Gasteiger partial charge in [-0.15, -0.1) is 0 Å². The van der Waals surface area contributed by atoms with E-state index in [9.17, 15) is 8.78 Å². The lowest BCUT2D eigenvalue weighted by Crippen LogP contribution is -2.11. The number of anilines is 1. The summed E-state index contributed by atoms with van der Waals surface area (Å²) < 4.78 is 34.4. The Morgan fingerprint density at radius 1 is 1.29 bits per heavy atom. The van der Waals surface area contributed by atoms with Crippen molar-refractivity contribution in [1.82, 2.24) is 9.97 Å². The Labute approximate surface area is 120 Å². The van der Waals surface area contributed by atoms with Gasteiger partial charge in [0.25, 0.3) is 0 Å². The van der Waals surface area contributed by atoms with Gasteiger partial charge in [0, 0.05) is 17.9 Å². The maximum absolute atomic E-state index is 12.4. The maximum Gasteiger partial charge on any atom is 0.387 e. The number of fused-ring (bicyclic) bond motifs is 1. The van der Waals surface area contributed by atoms with Gasteiger partial charge in [-0.3, -0.25) is 0 Å². The van der Waals surface area contributed by atoms with E-state index in [0.29, 0.717) is 29.0 Å². The molecule has 0 bridgehead atoms. The van der Waals surface area contributed by atoms with Crippen molar-refractivity contribution in [3.8, 4) is 11.5 Å². The second-order valence-electron chi connectivity index (χ2n) is 4.28. The number of nitrogens with one attached hydrogen (secondary N) is 1. The molecule has 21 heavy (non-hydrogen) atoms. The summed E-state index contributed by atoms with van der Waals surface area (Å²) in [5.41, 5.74) is 2.94. The molecule has 0 atom stereocenters. The lowest BCUT2D eigenvalue weighted by molar-refractivity contribution is -0.0511. The van der Waals surface area contributed by atoms with Gasteiger partial charge < -0.3 is 14.9 Å². The van der Waals surface area contributed by atoms with Crippen LogP contribution >= 0.6 is 0 Å². The minimum atomic E-state index is -2.94. The molecule has 1 aromatic carbocycles. The fraction of sp³-hybridized carbons (Fsp3) is 0.385. The van der Waals surface area contributed by atoms with Crippen LogP contribution in [0.3, 0.4) is 0 Å². The fourth-order valence-electron chi connectivity index (χ4n) is 1.98. The van der Waals surface area contributed by atoms with Crippen molar-refractivity contribution < 1.29 is 18.3 Å². The van der Waals surface area contributed by atoms with Crippen molar-refractivity contribution >= 4 is 16.7 Å². The van der Waals surface area contributed by atoms with Gasteiger partial charge in [-0.05, 0) is 12.5 Å². The first-order valence-electron chi connectivity index (χ1n) is 6.39. The summed E-state index contributed by atoms with van der Waals surface area (Å²) >= 11 is 0. The predicted octanol–water partition coefficient (Wildman–Crippen LogP) is 2.48. The number of hydrogen-bond donors (Lipinski definition) is 2. The van der Waals surface area contributed by atoms with Crippen LogP contribution in [0, 0.1) is 0 Å². The highest BCUT2D eigenvalue weighted by Gasteiger charge is 2.15. The molecule has 3 N–H and O–H groups in total. The lowest BCUT2D eigenvalue weighted by Gasteiger charge is -2.13. The number of rotatable bonds is 6. The summed E-state index contributed by atoms with van der Waals surface area (Å²) in [5, 5.41) is 0.566. The van der Waals surface area contributed by atoms with Crippen LogP contribution in [0.15, 0.2) is 12.1 Å². The normalized spacial score (nSPS) is 11.0. The minimum Gasteiger partial charge on any atom is -0.493 e. The van der Waals surface area contributed by atoms with Crippen molar-refractivity contribution in [3.05, 3.63) is 18.0 Å². The molecule has 0 fully saturated rings. The number of hydrogen-bond acceptors (Lipinski definition) is 6. The first kappa shape index (κ1) is 15.2. The number of halogens is 2. The third-order valence-corrected chi connectivity index (χ3v) is 2.85. The van der Waals surface area contributed by atoms with Crippen molar-refractivity contribution in [1.29, 1.82) is 0 Å². The molecule has 0 aliphatic carbocycles. The third kappa shape index (κ3) is 3.27. The standard InChI is InChI=1S/C13H16F2N4O2/c1-3-4-11-17-8-6-10(21-13(14)15)9(20-2)5-7(8)12(18-11)19-16/h5-6,13H,3-4,16H2,1-2H3,(H,17,18,19). The molecule has 6 nitrogen and oxygen atoms in total. The Kier molecular flexibility index (Phi) is 4.69. The molecule has 0 aliphatic rings. The monoisotopic (exact) mass is 298 g/mol. The Bertz CT molecular complexity index is 637. The Balaban J connectivity index is 2.62. The van der Waals surface area contributed by atoms with Crippen molar-refractivity contribution in [2.45, 2.75) is 26.4 Å². The van der Waals surface area contributed by atoms with Crippen LogP contribution in [0.1, 0.15) is 19.2 Å². The molecule has 0 radical (unpaired) electrons. The van der Waals surface area contributed by atoms with E-state index in [1.807, 2.05) is 6.92 Å². The summed E-state index contributed by atoms with van der Waals surface area (Å²) in [6, 6.07) is 2.90. The number of nitrogen functional groups attached to an aromatic ring is 1. The second-order valence-corrected chi connectivity index (χ2v) is 4.28. The van der Waals surface area contributed by atoms with Crippen molar-refractivity contribution in [2.75, 3.05) is 12.5 Å². The molecule has 0 amide bonds. The first-order chi connectivity index (χ1) is 10.1. The van der Waals surface area contributed by atoms with Crippen LogP contribution in [0.4, 0.5) is 14.6 Å². The molecular formula is C13H16F2N4O2. The maximum atomic E-state index is 12.4. The number of methoxy groups -OCH3 is 1. The predicted molar refractivity (Wildman–Crippen MR) is 74.5 cm³/mol. The average Bonchev–Trinajstić information content (AvgIpc) is 2.45. The largest absolute Gasteiger partial charge is 0.493 e. The van der Waals surface area contributed by atoms with Crippen LogP contribution in [0.25, 0.3) is 10.9 Å². The summed E-state index contributed by atoms with van der Waals surface area (Å²) in [7, 11) is 1.36. The van der Waals surface area contributed by atoms with E-state index in [1.165, 1.54) is 19.2 Å². The molecule has 0 saturated carbocycles. The molecule has 2 rings (SSSR count). The van der Waals surface area contributed by atoms with Crippen molar-refractivity contribution in [2.24, 2.45) is 5.84 Å². The van der Waals surface area contributed by atoms with E-state index in [-0.39, 0.29) is 11.5 Å². The molecule has 8 heteroatoms. The SMILES string of the molecule is CCCc1nc(NN)c2cc(OC)c(OC(F)F)cc2n1. The van der Waals surface area contributed by atoms with E-state index in [2.05, 4.69) is 20.1 Å². The van der Waals surface area contributed by atoms with Gasteiger partial charge in [-0.2, -0.15) is 8.78 Å². The number of aromatic nitrogens is 2. The lowest BCUT2D eigenvalue weighted by atomic mass is 10.2. The van der Waals surface area contributed by atoms with E-state index in [1.54, 1.807) is 0 Å². The molecular weight excluding hydrogens is 282 g/mol. The number of hydrazine groups is 1. The topological polar surface area (TPSA) is 82.3 Å². The smallest absolute Gasteiger partial charge is 0.387 e. The van der Waals surface area contributed by atoms with E-state index >= 15 is 0 Å². The van der Waals surface area contributed by atoms with Crippen LogP contribution < -0.4 is 20.7 Å². The number of ether oxygens (including phenoxy) is 2. The zero-order chi connectivity index (χ0) is 15.4. The molecule has 0 aliphatic heterocycles. The fourth-order valence-corrected chi connectivity index (χ4v) is 1.98. The Morgan fingerprint density at radius 2 is 2.05 bits per heavy atom. The van der Waals surface area contributed by atoms with Gasteiger partial charge in [-0.25, -0.2) is 15.8 Å². The Morgan fingerprint density at radius 3 is 2.62 bits per heavy atom. The van der Waals surface area contributed by atoms with Gasteiger partial charge in [0.15, 0.2) is 17.3 Å². The van der Waals surface area contributed by atoms with E-state index in [0.717, 1.165) is 6.42 Å². The molecule has 2 aromatic rings. The summed E-state index contributed by atoms with van der Waals surface area (Å²) in [5.74, 6) is 6.52. The van der Waals surface area contributed by atoms with Crippen LogP contribution in [0.2, 0.25) is 0 Å². The highest BCUT2D eigenvalue weighted by Crippen LogP contribution is 2.35. The average molecular weight is 298 g/mol. The van der Waals surface area contributed by atoms with E-state index < -0.39 is 6.61 Å².